The van der Waals surface area contributed by atoms with Crippen LogP contribution in [-0.4, -0.2) is 28.2 Å². The third-order valence-corrected chi connectivity index (χ3v) is 5.07. The lowest BCUT2D eigenvalue weighted by atomic mass is 10.0. The Labute approximate surface area is 183 Å². The summed E-state index contributed by atoms with van der Waals surface area (Å²) in [5.74, 6) is -0.326. The van der Waals surface area contributed by atoms with Crippen LogP contribution in [0.4, 0.5) is 0 Å². The van der Waals surface area contributed by atoms with Crippen molar-refractivity contribution in [3.63, 3.8) is 0 Å². The maximum atomic E-state index is 12.7. The van der Waals surface area contributed by atoms with Crippen LogP contribution in [0.3, 0.4) is 0 Å². The molecule has 0 atom stereocenters. The smallest absolute Gasteiger partial charge is 0.337 e. The Morgan fingerprint density at radius 1 is 0.906 bits per heavy atom. The molecule has 0 amide bonds. The Morgan fingerprint density at radius 2 is 1.53 bits per heavy atom. The van der Waals surface area contributed by atoms with E-state index in [1.807, 2.05) is 0 Å². The van der Waals surface area contributed by atoms with Crippen LogP contribution in [0.15, 0.2) is 77.7 Å². The molecule has 0 aliphatic heterocycles. The molecule has 0 bridgehead atoms. The Balaban J connectivity index is 1.47. The molecule has 0 unspecified atom stereocenters. The molecule has 0 aliphatic carbocycles. The Hall–Kier alpha value is -4.26. The number of carbonyl (C=O) groups is 2. The van der Waals surface area contributed by atoms with E-state index in [9.17, 15) is 14.4 Å². The van der Waals surface area contributed by atoms with E-state index < -0.39 is 5.97 Å². The molecule has 0 spiro atoms. The zero-order chi connectivity index (χ0) is 22.7. The molecule has 0 saturated carbocycles. The topological polar surface area (TPSA) is 87.0 Å². The van der Waals surface area contributed by atoms with Crippen molar-refractivity contribution in [3.8, 4) is 5.88 Å². The van der Waals surface area contributed by atoms with Gasteiger partial charge in [0.2, 0.25) is 5.88 Å². The summed E-state index contributed by atoms with van der Waals surface area (Å²) < 4.78 is 11.9. The monoisotopic (exact) mass is 428 g/mol. The van der Waals surface area contributed by atoms with Gasteiger partial charge < -0.3 is 9.47 Å². The molecule has 4 rings (SSSR count). The van der Waals surface area contributed by atoms with E-state index in [1.54, 1.807) is 79.9 Å². The second-order valence-electron chi connectivity index (χ2n) is 7.16. The fourth-order valence-corrected chi connectivity index (χ4v) is 3.24. The molecule has 0 radical (unpaired) electrons. The highest BCUT2D eigenvalue weighted by Gasteiger charge is 2.13. The lowest BCUT2D eigenvalue weighted by molar-refractivity contribution is 0.0600. The summed E-state index contributed by atoms with van der Waals surface area (Å²) in [7, 11) is 1.31. The molecular weight excluding hydrogens is 408 g/mol. The number of ketones is 1. The van der Waals surface area contributed by atoms with Crippen molar-refractivity contribution in [1.29, 1.82) is 0 Å². The summed E-state index contributed by atoms with van der Waals surface area (Å²) in [6.07, 6.45) is 1.67. The maximum Gasteiger partial charge on any atom is 0.337 e. The first-order valence-electron chi connectivity index (χ1n) is 9.91. The van der Waals surface area contributed by atoms with Crippen molar-refractivity contribution < 1.29 is 19.1 Å². The molecule has 0 saturated heterocycles. The van der Waals surface area contributed by atoms with Crippen LogP contribution in [0.5, 0.6) is 5.88 Å². The van der Waals surface area contributed by atoms with Gasteiger partial charge in [-0.1, -0.05) is 42.5 Å². The number of esters is 1. The van der Waals surface area contributed by atoms with E-state index in [4.69, 9.17) is 4.74 Å². The van der Waals surface area contributed by atoms with Gasteiger partial charge in [0.1, 0.15) is 12.3 Å². The lowest BCUT2D eigenvalue weighted by Gasteiger charge is -2.10. The minimum atomic E-state index is -0.452. The van der Waals surface area contributed by atoms with E-state index in [-0.39, 0.29) is 23.8 Å². The lowest BCUT2D eigenvalue weighted by Crippen LogP contribution is -2.19. The number of hydrogen-bond donors (Lipinski definition) is 0. The number of hydrogen-bond acceptors (Lipinski definition) is 6. The molecule has 7 heteroatoms. The molecule has 4 aromatic rings. The highest BCUT2D eigenvalue weighted by molar-refractivity contribution is 6.09. The molecule has 2 aromatic carbocycles. The molecule has 160 valence electrons. The Kier molecular flexibility index (Phi) is 5.81. The van der Waals surface area contributed by atoms with Crippen molar-refractivity contribution >= 4 is 17.4 Å². The Morgan fingerprint density at radius 3 is 2.19 bits per heavy atom. The minimum Gasteiger partial charge on any atom is -0.472 e. The molecule has 2 aromatic heterocycles. The first-order valence-corrected chi connectivity index (χ1v) is 9.91. The van der Waals surface area contributed by atoms with Gasteiger partial charge in [-0.2, -0.15) is 4.98 Å². The third-order valence-electron chi connectivity index (χ3n) is 5.07. The zero-order valence-electron chi connectivity index (χ0n) is 17.6. The predicted octanol–water partition coefficient (Wildman–Crippen LogP) is 3.60. The quantitative estimate of drug-likeness (QED) is 0.345. The SMILES string of the molecule is COC(=O)c1ccc(C(=O)c2ccc(COc3nc4ccccn4c(=O)c3C)cc2)cc1. The number of ether oxygens (including phenoxy) is 2. The van der Waals surface area contributed by atoms with E-state index in [2.05, 4.69) is 9.72 Å². The van der Waals surface area contributed by atoms with E-state index in [0.29, 0.717) is 27.9 Å². The van der Waals surface area contributed by atoms with Crippen molar-refractivity contribution in [2.75, 3.05) is 7.11 Å². The molecule has 2 heterocycles. The molecule has 0 N–H and O–H groups in total. The minimum absolute atomic E-state index is 0.158. The average molecular weight is 428 g/mol. The van der Waals surface area contributed by atoms with Crippen molar-refractivity contribution in [2.24, 2.45) is 0 Å². The molecule has 0 aliphatic rings. The number of methoxy groups -OCH3 is 1. The normalized spacial score (nSPS) is 10.7. The van der Waals surface area contributed by atoms with Crippen LogP contribution in [-0.2, 0) is 11.3 Å². The van der Waals surface area contributed by atoms with Crippen molar-refractivity contribution in [3.05, 3.63) is 111 Å². The van der Waals surface area contributed by atoms with Crippen molar-refractivity contribution in [2.45, 2.75) is 13.5 Å². The van der Waals surface area contributed by atoms with Gasteiger partial charge in [0.05, 0.1) is 18.2 Å². The number of aromatic nitrogens is 2. The van der Waals surface area contributed by atoms with Gasteiger partial charge in [-0.3, -0.25) is 14.0 Å². The van der Waals surface area contributed by atoms with Gasteiger partial charge in [0, 0.05) is 17.3 Å². The number of benzene rings is 2. The molecular formula is C25H20N2O5. The first-order chi connectivity index (χ1) is 15.5. The predicted molar refractivity (Wildman–Crippen MR) is 118 cm³/mol. The van der Waals surface area contributed by atoms with Crippen LogP contribution >= 0.6 is 0 Å². The fraction of sp³-hybridized carbons (Fsp3) is 0.120. The van der Waals surface area contributed by atoms with Crippen LogP contribution < -0.4 is 10.3 Å². The number of rotatable bonds is 6. The van der Waals surface area contributed by atoms with Gasteiger partial charge in [-0.05, 0) is 36.8 Å². The summed E-state index contributed by atoms with van der Waals surface area (Å²) in [6, 6.07) is 18.6. The van der Waals surface area contributed by atoms with Crippen molar-refractivity contribution in [1.82, 2.24) is 9.38 Å². The summed E-state index contributed by atoms with van der Waals surface area (Å²) in [5, 5.41) is 0. The van der Waals surface area contributed by atoms with Gasteiger partial charge in [0.25, 0.3) is 5.56 Å². The highest BCUT2D eigenvalue weighted by Crippen LogP contribution is 2.16. The molecule has 32 heavy (non-hydrogen) atoms. The van der Waals surface area contributed by atoms with Gasteiger partial charge in [-0.15, -0.1) is 0 Å². The van der Waals surface area contributed by atoms with Crippen LogP contribution in [0.1, 0.15) is 37.4 Å². The number of pyridine rings is 1. The second kappa shape index (κ2) is 8.85. The van der Waals surface area contributed by atoms with Crippen LogP contribution in [0.2, 0.25) is 0 Å². The summed E-state index contributed by atoms with van der Waals surface area (Å²) in [6.45, 7) is 1.88. The first kappa shape index (κ1) is 21.0. The summed E-state index contributed by atoms with van der Waals surface area (Å²) >= 11 is 0. The average Bonchev–Trinajstić information content (AvgIpc) is 2.85. The van der Waals surface area contributed by atoms with E-state index >= 15 is 0 Å². The Bertz CT molecular complexity index is 1360. The summed E-state index contributed by atoms with van der Waals surface area (Å²) in [5.41, 5.74) is 2.96. The highest BCUT2D eigenvalue weighted by atomic mass is 16.5. The number of fused-ring (bicyclic) bond motifs is 1. The van der Waals surface area contributed by atoms with Gasteiger partial charge in [-0.25, -0.2) is 4.79 Å². The van der Waals surface area contributed by atoms with E-state index in [0.717, 1.165) is 5.56 Å². The third kappa shape index (κ3) is 4.13. The number of nitrogens with zero attached hydrogens (tertiary/aromatic N) is 2. The van der Waals surface area contributed by atoms with E-state index in [1.165, 1.54) is 11.5 Å². The molecule has 0 fully saturated rings. The zero-order valence-corrected chi connectivity index (χ0v) is 17.6. The standard InChI is InChI=1S/C25H20N2O5/c1-16-23(26-21-5-3-4-14-27(21)24(16)29)32-15-17-6-8-18(9-7-17)22(28)19-10-12-20(13-11-19)25(30)31-2/h3-14H,15H2,1-2H3. The van der Waals surface area contributed by atoms with Gasteiger partial charge >= 0.3 is 5.97 Å². The van der Waals surface area contributed by atoms with Crippen LogP contribution in [0.25, 0.3) is 5.65 Å². The summed E-state index contributed by atoms with van der Waals surface area (Å²) in [4.78, 5) is 41.1. The fourth-order valence-electron chi connectivity index (χ4n) is 3.24. The van der Waals surface area contributed by atoms with Gasteiger partial charge in [0.15, 0.2) is 5.78 Å². The largest absolute Gasteiger partial charge is 0.472 e. The van der Waals surface area contributed by atoms with Crippen LogP contribution in [0, 0.1) is 6.92 Å². The maximum absolute atomic E-state index is 12.7. The molecule has 7 nitrogen and oxygen atoms in total. The number of carbonyl (C=O) groups excluding carboxylic acids is 2. The second-order valence-corrected chi connectivity index (χ2v) is 7.16.